The van der Waals surface area contributed by atoms with Gasteiger partial charge in [0.05, 0.1) is 0 Å². The van der Waals surface area contributed by atoms with Gasteiger partial charge in [-0.2, -0.15) is 0 Å². The van der Waals surface area contributed by atoms with Crippen molar-refractivity contribution in [3.05, 3.63) is 53.4 Å². The van der Waals surface area contributed by atoms with Gasteiger partial charge in [0.25, 0.3) is 0 Å². The van der Waals surface area contributed by atoms with Crippen LogP contribution in [0.15, 0.2) is 47.8 Å². The summed E-state index contributed by atoms with van der Waals surface area (Å²) in [6.45, 7) is 2.11. The molecule has 1 atom stereocenters. The first-order valence-corrected chi connectivity index (χ1v) is 5.58. The van der Waals surface area contributed by atoms with Crippen molar-refractivity contribution < 1.29 is 4.79 Å². The van der Waals surface area contributed by atoms with Gasteiger partial charge in [-0.15, -0.1) is 0 Å². The van der Waals surface area contributed by atoms with Crippen LogP contribution in [0.25, 0.3) is 0 Å². The average Bonchev–Trinajstić information content (AvgIpc) is 2.39. The highest BCUT2D eigenvalue weighted by molar-refractivity contribution is 5.79. The van der Waals surface area contributed by atoms with E-state index < -0.39 is 0 Å². The quantitative estimate of drug-likeness (QED) is 0.541. The zero-order valence-electron chi connectivity index (χ0n) is 9.68. The van der Waals surface area contributed by atoms with Gasteiger partial charge in [0.15, 0.2) is 0 Å². The molecule has 2 heteroatoms. The fourth-order valence-electron chi connectivity index (χ4n) is 1.64. The molecular formula is C15H13NO. The first kappa shape index (κ1) is 11.3. The second kappa shape index (κ2) is 5.27. The third-order valence-electron chi connectivity index (χ3n) is 2.71. The number of aromatic nitrogens is 1. The van der Waals surface area contributed by atoms with E-state index in [1.165, 1.54) is 0 Å². The standard InChI is InChI=1S/C15H13NO/c1-12-4-5-14(11-17)9-15(12)7-6-13-3-2-8-16-10-13/h2-3,5,8-12H,4H2,1H3. The second-order valence-corrected chi connectivity index (χ2v) is 4.05. The smallest absolute Gasteiger partial charge is 0.149 e. The minimum atomic E-state index is 0.378. The number of hydrogen-bond donors (Lipinski definition) is 0. The van der Waals surface area contributed by atoms with Gasteiger partial charge in [0, 0.05) is 29.1 Å². The molecule has 0 fully saturated rings. The predicted octanol–water partition coefficient (Wildman–Crippen LogP) is 2.52. The number of carbonyl (C=O) groups is 1. The lowest BCUT2D eigenvalue weighted by Gasteiger charge is -2.13. The van der Waals surface area contributed by atoms with Crippen LogP contribution in [0.3, 0.4) is 0 Å². The van der Waals surface area contributed by atoms with Crippen LogP contribution in [-0.4, -0.2) is 11.3 Å². The van der Waals surface area contributed by atoms with Crippen LogP contribution in [0.1, 0.15) is 18.9 Å². The van der Waals surface area contributed by atoms with Crippen LogP contribution in [0.5, 0.6) is 0 Å². The highest BCUT2D eigenvalue weighted by Crippen LogP contribution is 2.22. The van der Waals surface area contributed by atoms with E-state index in [0.717, 1.165) is 29.4 Å². The Bertz CT molecular complexity index is 529. The Morgan fingerprint density at radius 3 is 3.06 bits per heavy atom. The zero-order chi connectivity index (χ0) is 12.1. The molecular weight excluding hydrogens is 210 g/mol. The van der Waals surface area contributed by atoms with Crippen LogP contribution in [0, 0.1) is 17.8 Å². The lowest BCUT2D eigenvalue weighted by atomic mass is 9.90. The summed E-state index contributed by atoms with van der Waals surface area (Å²) in [5.74, 6) is 6.57. The Balaban J connectivity index is 2.24. The summed E-state index contributed by atoms with van der Waals surface area (Å²) in [6.07, 6.45) is 9.02. The second-order valence-electron chi connectivity index (χ2n) is 4.05. The van der Waals surface area contributed by atoms with Crippen LogP contribution < -0.4 is 0 Å². The normalized spacial score (nSPS) is 18.5. The van der Waals surface area contributed by atoms with Gasteiger partial charge in [-0.3, -0.25) is 9.78 Å². The van der Waals surface area contributed by atoms with Crippen molar-refractivity contribution in [1.29, 1.82) is 0 Å². The van der Waals surface area contributed by atoms with E-state index in [-0.39, 0.29) is 0 Å². The molecule has 2 rings (SSSR count). The van der Waals surface area contributed by atoms with Crippen molar-refractivity contribution in [2.24, 2.45) is 5.92 Å². The van der Waals surface area contributed by atoms with E-state index in [0.29, 0.717) is 5.92 Å². The van der Waals surface area contributed by atoms with Crippen molar-refractivity contribution >= 4 is 6.29 Å². The number of pyridine rings is 1. The molecule has 0 N–H and O–H groups in total. The molecule has 0 aliphatic heterocycles. The topological polar surface area (TPSA) is 30.0 Å². The summed E-state index contributed by atoms with van der Waals surface area (Å²) in [5, 5.41) is 0. The largest absolute Gasteiger partial charge is 0.298 e. The first-order valence-electron chi connectivity index (χ1n) is 5.58. The van der Waals surface area contributed by atoms with Gasteiger partial charge in [-0.1, -0.05) is 24.8 Å². The molecule has 0 aromatic carbocycles. The summed E-state index contributed by atoms with van der Waals surface area (Å²) in [6, 6.07) is 3.78. The fraction of sp³-hybridized carbons (Fsp3) is 0.200. The van der Waals surface area contributed by atoms with Crippen LogP contribution in [0.2, 0.25) is 0 Å². The molecule has 1 aliphatic carbocycles. The molecule has 1 aromatic rings. The number of carbonyl (C=O) groups excluding carboxylic acids is 1. The van der Waals surface area contributed by atoms with Gasteiger partial charge in [-0.05, 0) is 30.5 Å². The molecule has 0 saturated carbocycles. The maximum absolute atomic E-state index is 10.7. The molecule has 2 nitrogen and oxygen atoms in total. The molecule has 0 amide bonds. The van der Waals surface area contributed by atoms with Crippen molar-refractivity contribution in [3.8, 4) is 11.8 Å². The molecule has 0 spiro atoms. The molecule has 0 bridgehead atoms. The Kier molecular flexibility index (Phi) is 3.52. The Labute approximate surface area is 101 Å². The Morgan fingerprint density at radius 2 is 2.35 bits per heavy atom. The molecule has 1 aromatic heterocycles. The zero-order valence-corrected chi connectivity index (χ0v) is 9.68. The number of aldehydes is 1. The van der Waals surface area contributed by atoms with Crippen LogP contribution in [0.4, 0.5) is 0 Å². The van der Waals surface area contributed by atoms with Crippen molar-refractivity contribution in [2.75, 3.05) is 0 Å². The predicted molar refractivity (Wildman–Crippen MR) is 67.1 cm³/mol. The van der Waals surface area contributed by atoms with Crippen LogP contribution >= 0.6 is 0 Å². The van der Waals surface area contributed by atoms with Crippen molar-refractivity contribution in [1.82, 2.24) is 4.98 Å². The van der Waals surface area contributed by atoms with E-state index in [1.807, 2.05) is 24.3 Å². The van der Waals surface area contributed by atoms with Gasteiger partial charge in [-0.25, -0.2) is 0 Å². The van der Waals surface area contributed by atoms with E-state index in [1.54, 1.807) is 12.4 Å². The Morgan fingerprint density at radius 1 is 1.47 bits per heavy atom. The van der Waals surface area contributed by atoms with Crippen molar-refractivity contribution in [2.45, 2.75) is 13.3 Å². The minimum absolute atomic E-state index is 0.378. The summed E-state index contributed by atoms with van der Waals surface area (Å²) < 4.78 is 0. The van der Waals surface area contributed by atoms with Crippen molar-refractivity contribution in [3.63, 3.8) is 0 Å². The first-order chi connectivity index (χ1) is 8.29. The summed E-state index contributed by atoms with van der Waals surface area (Å²) in [5.41, 5.74) is 2.62. The van der Waals surface area contributed by atoms with E-state index >= 15 is 0 Å². The SMILES string of the molecule is CC1CC=C(C=O)C=C1C#Cc1cccnc1. The maximum atomic E-state index is 10.7. The molecule has 17 heavy (non-hydrogen) atoms. The van der Waals surface area contributed by atoms with E-state index in [9.17, 15) is 4.79 Å². The summed E-state index contributed by atoms with van der Waals surface area (Å²) in [4.78, 5) is 14.7. The number of rotatable bonds is 1. The van der Waals surface area contributed by atoms with E-state index in [2.05, 4.69) is 23.7 Å². The molecule has 1 aliphatic rings. The van der Waals surface area contributed by atoms with Gasteiger partial charge in [0.1, 0.15) is 6.29 Å². The maximum Gasteiger partial charge on any atom is 0.149 e. The summed E-state index contributed by atoms with van der Waals surface area (Å²) >= 11 is 0. The highest BCUT2D eigenvalue weighted by Gasteiger charge is 2.11. The third kappa shape index (κ3) is 2.92. The lowest BCUT2D eigenvalue weighted by Crippen LogP contribution is -2.03. The molecule has 0 saturated heterocycles. The molecule has 84 valence electrons. The minimum Gasteiger partial charge on any atom is -0.298 e. The Hall–Kier alpha value is -2.14. The summed E-state index contributed by atoms with van der Waals surface area (Å²) in [7, 11) is 0. The van der Waals surface area contributed by atoms with Gasteiger partial charge < -0.3 is 0 Å². The average molecular weight is 223 g/mol. The molecule has 0 radical (unpaired) electrons. The number of hydrogen-bond acceptors (Lipinski definition) is 2. The lowest BCUT2D eigenvalue weighted by molar-refractivity contribution is -0.104. The number of allylic oxidation sites excluding steroid dienone is 4. The van der Waals surface area contributed by atoms with Gasteiger partial charge >= 0.3 is 0 Å². The van der Waals surface area contributed by atoms with Gasteiger partial charge in [0.2, 0.25) is 0 Å². The monoisotopic (exact) mass is 223 g/mol. The van der Waals surface area contributed by atoms with E-state index in [4.69, 9.17) is 0 Å². The third-order valence-corrected chi connectivity index (χ3v) is 2.71. The highest BCUT2D eigenvalue weighted by atomic mass is 16.1. The molecule has 1 heterocycles. The fourth-order valence-corrected chi connectivity index (χ4v) is 1.64. The molecule has 1 unspecified atom stereocenters. The number of nitrogens with zero attached hydrogens (tertiary/aromatic N) is 1. The van der Waals surface area contributed by atoms with Crippen LogP contribution in [-0.2, 0) is 4.79 Å².